The highest BCUT2D eigenvalue weighted by Crippen LogP contribution is 2.32. The van der Waals surface area contributed by atoms with Crippen LogP contribution in [0.1, 0.15) is 47.7 Å². The lowest BCUT2D eigenvalue weighted by Crippen LogP contribution is -2.33. The minimum Gasteiger partial charge on any atom is -0.291 e. The third-order valence-corrected chi connectivity index (χ3v) is 5.38. The van der Waals surface area contributed by atoms with Gasteiger partial charge in [0.15, 0.2) is 0 Å². The van der Waals surface area contributed by atoms with Crippen molar-refractivity contribution in [3.05, 3.63) is 81.4 Å². The molecule has 0 spiro atoms. The van der Waals surface area contributed by atoms with Gasteiger partial charge in [0.2, 0.25) is 0 Å². The molecule has 3 aromatic rings. The van der Waals surface area contributed by atoms with Crippen LogP contribution in [0.25, 0.3) is 5.65 Å². The van der Waals surface area contributed by atoms with E-state index in [0.29, 0.717) is 6.04 Å². The molecule has 0 saturated carbocycles. The first-order chi connectivity index (χ1) is 12.6. The molecule has 0 amide bonds. The summed E-state index contributed by atoms with van der Waals surface area (Å²) in [6.45, 7) is 5.89. The third kappa shape index (κ3) is 3.29. The smallest absolute Gasteiger partial charge is 0.258 e. The van der Waals surface area contributed by atoms with Crippen molar-refractivity contribution in [3.63, 3.8) is 0 Å². The molecule has 1 aliphatic heterocycles. The Hall–Kier alpha value is -2.46. The summed E-state index contributed by atoms with van der Waals surface area (Å²) in [5.74, 6) is 0. The molecule has 0 radical (unpaired) electrons. The second-order valence-electron chi connectivity index (χ2n) is 7.36. The van der Waals surface area contributed by atoms with Gasteiger partial charge in [-0.2, -0.15) is 0 Å². The number of benzene rings is 1. The molecule has 2 aromatic heterocycles. The van der Waals surface area contributed by atoms with Gasteiger partial charge in [-0.25, -0.2) is 4.98 Å². The number of aryl methyl sites for hydroxylation is 2. The molecule has 1 saturated heterocycles. The molecule has 1 fully saturated rings. The van der Waals surface area contributed by atoms with E-state index in [1.165, 1.54) is 24.0 Å². The number of nitrogens with zero attached hydrogens (tertiary/aromatic N) is 3. The number of fused-ring (bicyclic) bond motifs is 1. The molecule has 3 heterocycles. The highest BCUT2D eigenvalue weighted by molar-refractivity contribution is 5.46. The van der Waals surface area contributed by atoms with E-state index in [0.717, 1.165) is 36.4 Å². The maximum atomic E-state index is 12.5. The fraction of sp³-hybridized carbons (Fsp3) is 0.364. The Balaban J connectivity index is 1.66. The van der Waals surface area contributed by atoms with Gasteiger partial charge in [0.25, 0.3) is 5.56 Å². The largest absolute Gasteiger partial charge is 0.291 e. The van der Waals surface area contributed by atoms with Gasteiger partial charge in [-0.05, 0) is 50.4 Å². The summed E-state index contributed by atoms with van der Waals surface area (Å²) in [6, 6.07) is 14.8. The van der Waals surface area contributed by atoms with E-state index >= 15 is 0 Å². The van der Waals surface area contributed by atoms with Crippen LogP contribution in [0.15, 0.2) is 53.5 Å². The molecule has 1 aromatic carbocycles. The van der Waals surface area contributed by atoms with Gasteiger partial charge in [-0.15, -0.1) is 0 Å². The van der Waals surface area contributed by atoms with E-state index in [4.69, 9.17) is 4.98 Å². The molecule has 134 valence electrons. The number of pyridine rings is 1. The molecule has 26 heavy (non-hydrogen) atoms. The normalized spacial score (nSPS) is 18.3. The Kier molecular flexibility index (Phi) is 4.60. The summed E-state index contributed by atoms with van der Waals surface area (Å²) in [5, 5.41) is 0. The van der Waals surface area contributed by atoms with Gasteiger partial charge in [0, 0.05) is 24.8 Å². The molecule has 4 rings (SSSR count). The first-order valence-electron chi connectivity index (χ1n) is 9.40. The van der Waals surface area contributed by atoms with Crippen LogP contribution >= 0.6 is 0 Å². The van der Waals surface area contributed by atoms with E-state index in [1.54, 1.807) is 16.7 Å². The average molecular weight is 347 g/mol. The molecule has 1 atom stereocenters. The van der Waals surface area contributed by atoms with Gasteiger partial charge in [0.05, 0.1) is 5.69 Å². The van der Waals surface area contributed by atoms with E-state index in [2.05, 4.69) is 36.1 Å². The van der Waals surface area contributed by atoms with Crippen LogP contribution in [0.3, 0.4) is 0 Å². The second-order valence-corrected chi connectivity index (χ2v) is 7.36. The molecular formula is C22H25N3O. The zero-order chi connectivity index (χ0) is 18.1. The summed E-state index contributed by atoms with van der Waals surface area (Å²) in [4.78, 5) is 19.8. The van der Waals surface area contributed by atoms with Crippen molar-refractivity contribution in [2.24, 2.45) is 0 Å². The number of aromatic nitrogens is 2. The van der Waals surface area contributed by atoms with Crippen LogP contribution in [-0.2, 0) is 6.54 Å². The molecule has 1 aliphatic rings. The second kappa shape index (κ2) is 7.04. The average Bonchev–Trinajstić information content (AvgIpc) is 2.64. The topological polar surface area (TPSA) is 37.6 Å². The fourth-order valence-electron chi connectivity index (χ4n) is 3.94. The van der Waals surface area contributed by atoms with Crippen LogP contribution in [0, 0.1) is 13.8 Å². The zero-order valence-electron chi connectivity index (χ0n) is 15.5. The van der Waals surface area contributed by atoms with Crippen molar-refractivity contribution in [3.8, 4) is 0 Å². The Morgan fingerprint density at radius 3 is 2.73 bits per heavy atom. The van der Waals surface area contributed by atoms with E-state index in [9.17, 15) is 4.79 Å². The minimum absolute atomic E-state index is 0.00223. The monoisotopic (exact) mass is 347 g/mol. The molecule has 0 aliphatic carbocycles. The summed E-state index contributed by atoms with van der Waals surface area (Å²) in [6.07, 6.45) is 5.40. The minimum atomic E-state index is -0.00223. The van der Waals surface area contributed by atoms with Crippen molar-refractivity contribution in [1.29, 1.82) is 0 Å². The zero-order valence-corrected chi connectivity index (χ0v) is 15.5. The molecule has 0 unspecified atom stereocenters. The Morgan fingerprint density at radius 2 is 1.92 bits per heavy atom. The molecule has 0 N–H and O–H groups in total. The predicted octanol–water partition coefficient (Wildman–Crippen LogP) is 4.04. The van der Waals surface area contributed by atoms with Crippen LogP contribution in [-0.4, -0.2) is 20.8 Å². The van der Waals surface area contributed by atoms with Crippen molar-refractivity contribution < 1.29 is 0 Å². The van der Waals surface area contributed by atoms with Gasteiger partial charge < -0.3 is 0 Å². The number of hydrogen-bond acceptors (Lipinski definition) is 3. The standard InChI is InChI=1S/C22H25N3O/c1-16-8-10-18(11-9-16)20-7-3-4-12-24(20)15-19-14-21(26)25-13-5-6-17(2)22(25)23-19/h5-6,8-11,13-14,20H,3-4,7,12,15H2,1-2H3/t20-/m1/s1. The maximum absolute atomic E-state index is 12.5. The summed E-state index contributed by atoms with van der Waals surface area (Å²) >= 11 is 0. The lowest BCUT2D eigenvalue weighted by molar-refractivity contribution is 0.139. The van der Waals surface area contributed by atoms with E-state index < -0.39 is 0 Å². The number of likely N-dealkylation sites (tertiary alicyclic amines) is 1. The lowest BCUT2D eigenvalue weighted by Gasteiger charge is -2.36. The summed E-state index contributed by atoms with van der Waals surface area (Å²) in [7, 11) is 0. The predicted molar refractivity (Wildman–Crippen MR) is 104 cm³/mol. The summed E-state index contributed by atoms with van der Waals surface area (Å²) < 4.78 is 1.63. The first-order valence-corrected chi connectivity index (χ1v) is 9.40. The molecule has 0 bridgehead atoms. The molecular weight excluding hydrogens is 322 g/mol. The van der Waals surface area contributed by atoms with Crippen LogP contribution < -0.4 is 5.56 Å². The third-order valence-electron chi connectivity index (χ3n) is 5.38. The van der Waals surface area contributed by atoms with Crippen molar-refractivity contribution in [1.82, 2.24) is 14.3 Å². The van der Waals surface area contributed by atoms with Crippen LogP contribution in [0.4, 0.5) is 0 Å². The highest BCUT2D eigenvalue weighted by atomic mass is 16.1. The van der Waals surface area contributed by atoms with Gasteiger partial charge in [0.1, 0.15) is 5.65 Å². The quantitative estimate of drug-likeness (QED) is 0.718. The number of piperidine rings is 1. The van der Waals surface area contributed by atoms with Gasteiger partial charge in [-0.3, -0.25) is 14.1 Å². The Morgan fingerprint density at radius 1 is 1.12 bits per heavy atom. The van der Waals surface area contributed by atoms with E-state index in [1.807, 2.05) is 19.1 Å². The number of rotatable bonds is 3. The van der Waals surface area contributed by atoms with Crippen LogP contribution in [0.5, 0.6) is 0 Å². The van der Waals surface area contributed by atoms with Crippen molar-refractivity contribution >= 4 is 5.65 Å². The van der Waals surface area contributed by atoms with Crippen molar-refractivity contribution in [2.75, 3.05) is 6.54 Å². The molecule has 4 nitrogen and oxygen atoms in total. The molecule has 4 heteroatoms. The highest BCUT2D eigenvalue weighted by Gasteiger charge is 2.24. The maximum Gasteiger partial charge on any atom is 0.258 e. The summed E-state index contributed by atoms with van der Waals surface area (Å²) in [5.41, 5.74) is 5.31. The van der Waals surface area contributed by atoms with E-state index in [-0.39, 0.29) is 5.56 Å². The fourth-order valence-corrected chi connectivity index (χ4v) is 3.94. The number of hydrogen-bond donors (Lipinski definition) is 0. The SMILES string of the molecule is Cc1ccc([C@H]2CCCCN2Cc2cc(=O)n3cccc(C)c3n2)cc1. The first kappa shape index (κ1) is 17.0. The van der Waals surface area contributed by atoms with Gasteiger partial charge in [-0.1, -0.05) is 42.3 Å². The van der Waals surface area contributed by atoms with Crippen molar-refractivity contribution in [2.45, 2.75) is 45.7 Å². The van der Waals surface area contributed by atoms with Gasteiger partial charge >= 0.3 is 0 Å². The van der Waals surface area contributed by atoms with Crippen LogP contribution in [0.2, 0.25) is 0 Å². The Bertz CT molecular complexity index is 975. The Labute approximate surface area is 154 Å². The lowest BCUT2D eigenvalue weighted by atomic mass is 9.94.